The molecule has 1 atom stereocenters. The lowest BCUT2D eigenvalue weighted by Crippen LogP contribution is -2.50. The summed E-state index contributed by atoms with van der Waals surface area (Å²) in [4.78, 5) is 37.8. The minimum absolute atomic E-state index is 0.0456. The van der Waals surface area contributed by atoms with Crippen LogP contribution in [0.4, 0.5) is 4.79 Å². The molecule has 0 bridgehead atoms. The van der Waals surface area contributed by atoms with Crippen molar-refractivity contribution in [1.82, 2.24) is 10.2 Å². The Labute approximate surface area is 206 Å². The first-order valence-corrected chi connectivity index (χ1v) is 12.5. The van der Waals surface area contributed by atoms with Crippen molar-refractivity contribution in [3.8, 4) is 11.1 Å². The number of carbonyl (C=O) groups excluding carboxylic acids is 2. The normalized spacial score (nSPS) is 18.7. The zero-order chi connectivity index (χ0) is 24.8. The number of likely N-dealkylation sites (tertiary alicyclic amines) is 1. The fourth-order valence-corrected chi connectivity index (χ4v) is 5.32. The highest BCUT2D eigenvalue weighted by molar-refractivity contribution is 5.87. The molecule has 1 aliphatic heterocycles. The second kappa shape index (κ2) is 10.9. The number of alkyl carbamates (subject to hydrolysis) is 1. The number of unbranched alkanes of at least 4 members (excludes halogenated alkanes) is 3. The fraction of sp³-hybridized carbons (Fsp3) is 0.464. The summed E-state index contributed by atoms with van der Waals surface area (Å²) in [5.41, 5.74) is 3.72. The van der Waals surface area contributed by atoms with E-state index < -0.39 is 17.6 Å². The van der Waals surface area contributed by atoms with E-state index in [1.54, 1.807) is 6.92 Å². The summed E-state index contributed by atoms with van der Waals surface area (Å²) in [7, 11) is 0. The van der Waals surface area contributed by atoms with Crippen molar-refractivity contribution >= 4 is 18.0 Å². The molecule has 2 aromatic carbocycles. The van der Waals surface area contributed by atoms with Crippen LogP contribution >= 0.6 is 0 Å². The van der Waals surface area contributed by atoms with Gasteiger partial charge in [-0.2, -0.15) is 0 Å². The Kier molecular flexibility index (Phi) is 7.73. The predicted octanol–water partition coefficient (Wildman–Crippen LogP) is 4.94. The van der Waals surface area contributed by atoms with E-state index in [9.17, 15) is 19.5 Å². The molecule has 2 N–H and O–H groups in total. The van der Waals surface area contributed by atoms with Crippen molar-refractivity contribution in [3.63, 3.8) is 0 Å². The minimum Gasteiger partial charge on any atom is -0.480 e. The monoisotopic (exact) mass is 478 g/mol. The van der Waals surface area contributed by atoms with Crippen molar-refractivity contribution in [2.24, 2.45) is 0 Å². The summed E-state index contributed by atoms with van der Waals surface area (Å²) in [6.07, 6.45) is 4.45. The molecule has 1 heterocycles. The van der Waals surface area contributed by atoms with E-state index in [2.05, 4.69) is 29.6 Å². The number of nitrogens with one attached hydrogen (secondary N) is 1. The smallest absolute Gasteiger partial charge is 0.407 e. The summed E-state index contributed by atoms with van der Waals surface area (Å²) in [6, 6.07) is 16.5. The molecule has 4 rings (SSSR count). The lowest BCUT2D eigenvalue weighted by molar-refractivity contribution is -0.155. The van der Waals surface area contributed by atoms with E-state index in [0.29, 0.717) is 32.5 Å². The van der Waals surface area contributed by atoms with E-state index in [1.165, 1.54) is 27.2 Å². The first-order valence-electron chi connectivity index (χ1n) is 12.5. The van der Waals surface area contributed by atoms with E-state index in [1.807, 2.05) is 24.3 Å². The molecule has 1 unspecified atom stereocenters. The quantitative estimate of drug-likeness (QED) is 0.472. The molecule has 0 spiro atoms. The Balaban J connectivity index is 1.12. The van der Waals surface area contributed by atoms with Gasteiger partial charge in [0.15, 0.2) is 0 Å². The lowest BCUT2D eigenvalue weighted by atomic mass is 9.98. The van der Waals surface area contributed by atoms with Gasteiger partial charge in [0.25, 0.3) is 0 Å². The van der Waals surface area contributed by atoms with Gasteiger partial charge in [-0.05, 0) is 54.9 Å². The van der Waals surface area contributed by atoms with Crippen molar-refractivity contribution < 1.29 is 24.2 Å². The van der Waals surface area contributed by atoms with Gasteiger partial charge >= 0.3 is 12.1 Å². The van der Waals surface area contributed by atoms with Crippen LogP contribution in [0.1, 0.15) is 68.9 Å². The zero-order valence-electron chi connectivity index (χ0n) is 20.3. The third-order valence-electron chi connectivity index (χ3n) is 7.33. The summed E-state index contributed by atoms with van der Waals surface area (Å²) in [5.74, 6) is -0.962. The Morgan fingerprint density at radius 3 is 2.29 bits per heavy atom. The molecule has 0 aromatic heterocycles. The number of aliphatic carboxylic acids is 1. The van der Waals surface area contributed by atoms with Crippen molar-refractivity contribution in [2.75, 3.05) is 19.7 Å². The number of carbonyl (C=O) groups is 3. The molecule has 0 saturated carbocycles. The average molecular weight is 479 g/mol. The second-order valence-electron chi connectivity index (χ2n) is 9.64. The molecule has 2 amide bonds. The second-order valence-corrected chi connectivity index (χ2v) is 9.64. The minimum atomic E-state index is -1.07. The Bertz CT molecular complexity index is 1040. The number of carboxylic acids is 1. The molecule has 186 valence electrons. The van der Waals surface area contributed by atoms with Crippen LogP contribution in [0.3, 0.4) is 0 Å². The molecule has 35 heavy (non-hydrogen) atoms. The molecule has 2 aliphatic rings. The SMILES string of the molecule is CC1(C(=O)O)CCCN1C(=O)CCCCCCNC(=O)OCC1c2ccccc2-c2ccccc21. The maximum atomic E-state index is 12.5. The highest BCUT2D eigenvalue weighted by Crippen LogP contribution is 2.44. The van der Waals surface area contributed by atoms with E-state index in [0.717, 1.165) is 32.1 Å². The van der Waals surface area contributed by atoms with Gasteiger partial charge in [0, 0.05) is 25.4 Å². The third kappa shape index (κ3) is 5.34. The predicted molar refractivity (Wildman–Crippen MR) is 133 cm³/mol. The van der Waals surface area contributed by atoms with E-state index >= 15 is 0 Å². The van der Waals surface area contributed by atoms with Gasteiger partial charge in [0.1, 0.15) is 12.1 Å². The van der Waals surface area contributed by atoms with Gasteiger partial charge in [-0.15, -0.1) is 0 Å². The fourth-order valence-electron chi connectivity index (χ4n) is 5.32. The van der Waals surface area contributed by atoms with Crippen LogP contribution in [0.5, 0.6) is 0 Å². The number of rotatable bonds is 10. The Hall–Kier alpha value is -3.35. The van der Waals surface area contributed by atoms with E-state index in [-0.39, 0.29) is 11.8 Å². The summed E-state index contributed by atoms with van der Waals surface area (Å²) in [5, 5.41) is 12.3. The van der Waals surface area contributed by atoms with Crippen LogP contribution in [-0.2, 0) is 14.3 Å². The number of hydrogen-bond donors (Lipinski definition) is 2. The number of carboxylic acid groups (broad SMARTS) is 1. The molecule has 7 nitrogen and oxygen atoms in total. The maximum Gasteiger partial charge on any atom is 0.407 e. The first-order chi connectivity index (χ1) is 16.9. The summed E-state index contributed by atoms with van der Waals surface area (Å²) >= 11 is 0. The summed E-state index contributed by atoms with van der Waals surface area (Å²) in [6.45, 7) is 2.97. The Morgan fingerprint density at radius 2 is 1.63 bits per heavy atom. The average Bonchev–Trinajstić information content (AvgIpc) is 3.41. The number of amides is 2. The molecule has 1 fully saturated rings. The van der Waals surface area contributed by atoms with Gasteiger partial charge in [-0.3, -0.25) is 4.79 Å². The van der Waals surface area contributed by atoms with Crippen molar-refractivity contribution in [1.29, 1.82) is 0 Å². The topological polar surface area (TPSA) is 95.9 Å². The molecule has 2 aromatic rings. The molecule has 0 radical (unpaired) electrons. The van der Waals surface area contributed by atoms with E-state index in [4.69, 9.17) is 4.74 Å². The lowest BCUT2D eigenvalue weighted by Gasteiger charge is -2.31. The number of ether oxygens (including phenoxy) is 1. The van der Waals surface area contributed by atoms with Crippen LogP contribution < -0.4 is 5.32 Å². The van der Waals surface area contributed by atoms with Crippen LogP contribution in [0.15, 0.2) is 48.5 Å². The molecular formula is C28H34N2O5. The van der Waals surface area contributed by atoms with Crippen LogP contribution in [0, 0.1) is 0 Å². The Morgan fingerprint density at radius 1 is 1.00 bits per heavy atom. The van der Waals surface area contributed by atoms with Crippen LogP contribution in [-0.4, -0.2) is 53.2 Å². The molecule has 1 saturated heterocycles. The number of fused-ring (bicyclic) bond motifs is 3. The molecule has 7 heteroatoms. The highest BCUT2D eigenvalue weighted by atomic mass is 16.5. The van der Waals surface area contributed by atoms with Gasteiger partial charge < -0.3 is 20.1 Å². The highest BCUT2D eigenvalue weighted by Gasteiger charge is 2.45. The van der Waals surface area contributed by atoms with Gasteiger partial charge in [0.05, 0.1) is 0 Å². The third-order valence-corrected chi connectivity index (χ3v) is 7.33. The summed E-state index contributed by atoms with van der Waals surface area (Å²) < 4.78 is 5.55. The number of hydrogen-bond acceptors (Lipinski definition) is 4. The number of nitrogens with zero attached hydrogens (tertiary/aromatic N) is 1. The standard InChI is InChI=1S/C28H34N2O5/c1-28(26(32)33)16-10-18-30(28)25(31)15-4-2-3-9-17-29-27(34)35-19-24-22-13-7-5-11-20(22)21-12-6-8-14-23(21)24/h5-8,11-14,24H,2-4,9-10,15-19H2,1H3,(H,29,34)(H,32,33). The van der Waals surface area contributed by atoms with Gasteiger partial charge in [-0.1, -0.05) is 61.4 Å². The van der Waals surface area contributed by atoms with Gasteiger partial charge in [0.2, 0.25) is 5.91 Å². The van der Waals surface area contributed by atoms with Crippen LogP contribution in [0.2, 0.25) is 0 Å². The largest absolute Gasteiger partial charge is 0.480 e. The molecule has 1 aliphatic carbocycles. The molecular weight excluding hydrogens is 444 g/mol. The maximum absolute atomic E-state index is 12.5. The zero-order valence-corrected chi connectivity index (χ0v) is 20.3. The first kappa shape index (κ1) is 24.8. The van der Waals surface area contributed by atoms with Crippen molar-refractivity contribution in [3.05, 3.63) is 59.7 Å². The van der Waals surface area contributed by atoms with Crippen LogP contribution in [0.25, 0.3) is 11.1 Å². The number of benzene rings is 2. The van der Waals surface area contributed by atoms with Crippen molar-refractivity contribution in [2.45, 2.75) is 63.3 Å². The van der Waals surface area contributed by atoms with Gasteiger partial charge in [-0.25, -0.2) is 9.59 Å².